The molecular formula is C27H29Cl2N3O4S. The van der Waals surface area contributed by atoms with Crippen LogP contribution in [-0.4, -0.2) is 44.3 Å². The third-order valence-corrected chi connectivity index (χ3v) is 8.04. The van der Waals surface area contributed by atoms with E-state index in [-0.39, 0.29) is 17.3 Å². The number of sulfonamides is 1. The number of aryl methyl sites for hydroxylation is 1. The van der Waals surface area contributed by atoms with E-state index in [9.17, 15) is 18.0 Å². The van der Waals surface area contributed by atoms with Crippen molar-refractivity contribution in [2.24, 2.45) is 0 Å². The molecule has 0 bridgehead atoms. The summed E-state index contributed by atoms with van der Waals surface area (Å²) in [6.45, 7) is 5.22. The second kappa shape index (κ2) is 12.4. The van der Waals surface area contributed by atoms with E-state index in [1.165, 1.54) is 29.2 Å². The van der Waals surface area contributed by atoms with Crippen LogP contribution in [0.4, 0.5) is 5.69 Å². The Kier molecular flexibility index (Phi) is 9.59. The zero-order valence-electron chi connectivity index (χ0n) is 20.8. The summed E-state index contributed by atoms with van der Waals surface area (Å²) < 4.78 is 28.5. The Morgan fingerprint density at radius 2 is 1.59 bits per heavy atom. The number of hydrogen-bond donors (Lipinski definition) is 1. The molecule has 37 heavy (non-hydrogen) atoms. The van der Waals surface area contributed by atoms with Gasteiger partial charge in [0, 0.05) is 23.1 Å². The van der Waals surface area contributed by atoms with Crippen molar-refractivity contribution in [2.75, 3.05) is 17.4 Å². The van der Waals surface area contributed by atoms with Crippen LogP contribution in [0.1, 0.15) is 25.0 Å². The van der Waals surface area contributed by atoms with Crippen LogP contribution in [0.3, 0.4) is 0 Å². The van der Waals surface area contributed by atoms with Crippen LogP contribution >= 0.6 is 23.2 Å². The van der Waals surface area contributed by atoms with E-state index in [2.05, 4.69) is 5.32 Å². The van der Waals surface area contributed by atoms with Gasteiger partial charge in [0.25, 0.3) is 10.0 Å². The SMILES string of the molecule is CCNC(=O)[C@@H](C)N(Cc1cccc(Cl)c1)C(=O)CN(c1ccc(C)cc1)S(=O)(=O)c1ccc(Cl)cc1. The smallest absolute Gasteiger partial charge is 0.264 e. The van der Waals surface area contributed by atoms with E-state index in [1.807, 2.05) is 6.92 Å². The molecule has 0 fully saturated rings. The zero-order valence-corrected chi connectivity index (χ0v) is 23.1. The minimum absolute atomic E-state index is 0.0107. The molecule has 2 amide bonds. The Hall–Kier alpha value is -3.07. The average molecular weight is 563 g/mol. The zero-order chi connectivity index (χ0) is 27.2. The van der Waals surface area contributed by atoms with Crippen LogP contribution in [0, 0.1) is 6.92 Å². The van der Waals surface area contributed by atoms with Crippen molar-refractivity contribution in [3.05, 3.63) is 94.0 Å². The van der Waals surface area contributed by atoms with Gasteiger partial charge in [-0.2, -0.15) is 0 Å². The van der Waals surface area contributed by atoms with Crippen LogP contribution in [-0.2, 0) is 26.2 Å². The van der Waals surface area contributed by atoms with Crippen LogP contribution in [0.25, 0.3) is 0 Å². The van der Waals surface area contributed by atoms with E-state index in [0.717, 1.165) is 9.87 Å². The van der Waals surface area contributed by atoms with Gasteiger partial charge in [-0.05, 0) is 74.9 Å². The first-order valence-electron chi connectivity index (χ1n) is 11.7. The minimum Gasteiger partial charge on any atom is -0.355 e. The molecule has 3 aromatic rings. The summed E-state index contributed by atoms with van der Waals surface area (Å²) in [4.78, 5) is 27.8. The van der Waals surface area contributed by atoms with E-state index in [4.69, 9.17) is 23.2 Å². The first-order chi connectivity index (χ1) is 17.5. The van der Waals surface area contributed by atoms with Crippen LogP contribution in [0.2, 0.25) is 10.0 Å². The monoisotopic (exact) mass is 561 g/mol. The van der Waals surface area contributed by atoms with Gasteiger partial charge in [0.05, 0.1) is 10.6 Å². The summed E-state index contributed by atoms with van der Waals surface area (Å²) in [7, 11) is -4.14. The highest BCUT2D eigenvalue weighted by atomic mass is 35.5. The van der Waals surface area contributed by atoms with Crippen LogP contribution < -0.4 is 9.62 Å². The third-order valence-electron chi connectivity index (χ3n) is 5.76. The average Bonchev–Trinajstić information content (AvgIpc) is 2.86. The second-order valence-corrected chi connectivity index (χ2v) is 11.3. The van der Waals surface area contributed by atoms with Crippen molar-refractivity contribution >= 4 is 50.7 Å². The summed E-state index contributed by atoms with van der Waals surface area (Å²) in [5.41, 5.74) is 1.97. The number of nitrogens with one attached hydrogen (secondary N) is 1. The number of benzene rings is 3. The maximum atomic E-state index is 13.8. The quantitative estimate of drug-likeness (QED) is 0.375. The second-order valence-electron chi connectivity index (χ2n) is 8.52. The van der Waals surface area contributed by atoms with Crippen molar-refractivity contribution in [1.82, 2.24) is 10.2 Å². The molecule has 0 aromatic heterocycles. The lowest BCUT2D eigenvalue weighted by molar-refractivity contribution is -0.139. The number of rotatable bonds is 10. The molecule has 3 rings (SSSR count). The molecule has 0 saturated heterocycles. The molecule has 3 aromatic carbocycles. The first kappa shape index (κ1) is 28.5. The molecule has 0 aliphatic rings. The highest BCUT2D eigenvalue weighted by Gasteiger charge is 2.32. The summed E-state index contributed by atoms with van der Waals surface area (Å²) in [5, 5.41) is 3.60. The minimum atomic E-state index is -4.14. The molecular weight excluding hydrogens is 533 g/mol. The van der Waals surface area contributed by atoms with Gasteiger partial charge in [-0.3, -0.25) is 13.9 Å². The maximum Gasteiger partial charge on any atom is 0.264 e. The molecule has 0 heterocycles. The van der Waals surface area contributed by atoms with Gasteiger partial charge in [0.15, 0.2) is 0 Å². The lowest BCUT2D eigenvalue weighted by Gasteiger charge is -2.32. The third kappa shape index (κ3) is 7.25. The summed E-state index contributed by atoms with van der Waals surface area (Å²) in [5.74, 6) is -0.892. The van der Waals surface area contributed by atoms with Gasteiger partial charge in [0.2, 0.25) is 11.8 Å². The van der Waals surface area contributed by atoms with E-state index in [0.29, 0.717) is 27.8 Å². The van der Waals surface area contributed by atoms with Crippen LogP contribution in [0.15, 0.2) is 77.7 Å². The van der Waals surface area contributed by atoms with Crippen molar-refractivity contribution in [3.8, 4) is 0 Å². The molecule has 0 aliphatic carbocycles. The van der Waals surface area contributed by atoms with Crippen LogP contribution in [0.5, 0.6) is 0 Å². The van der Waals surface area contributed by atoms with Gasteiger partial charge in [-0.15, -0.1) is 0 Å². The normalized spacial score (nSPS) is 12.0. The van der Waals surface area contributed by atoms with E-state index < -0.39 is 28.5 Å². The number of anilines is 1. The highest BCUT2D eigenvalue weighted by molar-refractivity contribution is 7.92. The standard InChI is InChI=1S/C27H29Cl2N3O4S/c1-4-30-27(34)20(3)31(17-21-6-5-7-23(29)16-21)26(33)18-32(24-12-8-19(2)9-13-24)37(35,36)25-14-10-22(28)11-15-25/h5-16,20H,4,17-18H2,1-3H3,(H,30,34)/t20-/m1/s1. The van der Waals surface area contributed by atoms with Gasteiger partial charge in [-0.1, -0.05) is 53.0 Å². The van der Waals surface area contributed by atoms with Crippen molar-refractivity contribution < 1.29 is 18.0 Å². The van der Waals surface area contributed by atoms with Gasteiger partial charge >= 0.3 is 0 Å². The van der Waals surface area contributed by atoms with Crippen molar-refractivity contribution in [2.45, 2.75) is 38.3 Å². The van der Waals surface area contributed by atoms with E-state index >= 15 is 0 Å². The first-order valence-corrected chi connectivity index (χ1v) is 13.9. The summed E-state index contributed by atoms with van der Waals surface area (Å²) in [6, 6.07) is 18.7. The Morgan fingerprint density at radius 1 is 0.946 bits per heavy atom. The van der Waals surface area contributed by atoms with Crippen molar-refractivity contribution in [3.63, 3.8) is 0 Å². The maximum absolute atomic E-state index is 13.8. The molecule has 7 nitrogen and oxygen atoms in total. The molecule has 0 aliphatic heterocycles. The molecule has 0 saturated carbocycles. The lowest BCUT2D eigenvalue weighted by Crippen LogP contribution is -2.51. The summed E-state index contributed by atoms with van der Waals surface area (Å²) >= 11 is 12.1. The Bertz CT molecular complexity index is 1350. The van der Waals surface area contributed by atoms with Gasteiger partial charge in [0.1, 0.15) is 12.6 Å². The number of halogens is 2. The largest absolute Gasteiger partial charge is 0.355 e. The number of carbonyl (C=O) groups is 2. The number of nitrogens with zero attached hydrogens (tertiary/aromatic N) is 2. The Morgan fingerprint density at radius 3 is 2.19 bits per heavy atom. The van der Waals surface area contributed by atoms with Crippen molar-refractivity contribution in [1.29, 1.82) is 0 Å². The lowest BCUT2D eigenvalue weighted by atomic mass is 10.1. The predicted molar refractivity (Wildman–Crippen MR) is 147 cm³/mol. The van der Waals surface area contributed by atoms with Gasteiger partial charge < -0.3 is 10.2 Å². The Balaban J connectivity index is 2.02. The number of amides is 2. The molecule has 0 unspecified atom stereocenters. The molecule has 196 valence electrons. The molecule has 1 atom stereocenters. The molecule has 0 spiro atoms. The fraction of sp³-hybridized carbons (Fsp3) is 0.259. The number of carbonyl (C=O) groups excluding carboxylic acids is 2. The van der Waals surface area contributed by atoms with E-state index in [1.54, 1.807) is 62.4 Å². The number of likely N-dealkylation sites (N-methyl/N-ethyl adjacent to an activating group) is 1. The highest BCUT2D eigenvalue weighted by Crippen LogP contribution is 2.26. The number of hydrogen-bond acceptors (Lipinski definition) is 4. The predicted octanol–water partition coefficient (Wildman–Crippen LogP) is 5.05. The fourth-order valence-corrected chi connectivity index (χ4v) is 5.46. The molecule has 0 radical (unpaired) electrons. The van der Waals surface area contributed by atoms with Gasteiger partial charge in [-0.25, -0.2) is 8.42 Å². The Labute approximate surface area is 228 Å². The topological polar surface area (TPSA) is 86.8 Å². The summed E-state index contributed by atoms with van der Waals surface area (Å²) in [6.07, 6.45) is 0. The fourth-order valence-electron chi connectivity index (χ4n) is 3.71. The molecule has 1 N–H and O–H groups in total. The molecule has 10 heteroatoms.